The van der Waals surface area contributed by atoms with Crippen LogP contribution in [0.4, 0.5) is 4.39 Å². The van der Waals surface area contributed by atoms with Crippen LogP contribution in [0.2, 0.25) is 0 Å². The number of pyridine rings is 1. The Morgan fingerprint density at radius 1 is 1.20 bits per heavy atom. The van der Waals surface area contributed by atoms with Gasteiger partial charge in [-0.05, 0) is 71.4 Å². The maximum Gasteiger partial charge on any atom is 0.259 e. The summed E-state index contributed by atoms with van der Waals surface area (Å²) < 4.78 is 59.6. The second-order valence-corrected chi connectivity index (χ2v) is 16.6. The van der Waals surface area contributed by atoms with Crippen LogP contribution in [0.15, 0.2) is 30.4 Å². The number of nitrogens with one attached hydrogen (secondary N) is 2. The summed E-state index contributed by atoms with van der Waals surface area (Å²) in [5.74, 6) is -2.49. The fourth-order valence-electron chi connectivity index (χ4n) is 6.80. The van der Waals surface area contributed by atoms with Gasteiger partial charge in [-0.2, -0.15) is 0 Å². The summed E-state index contributed by atoms with van der Waals surface area (Å²) in [4.78, 5) is 47.5. The minimum Gasteiger partial charge on any atom is -0.491 e. The number of allylic oxidation sites excluding steroid dienone is 1. The number of ether oxygens (including phenoxy) is 3. The van der Waals surface area contributed by atoms with Gasteiger partial charge in [-0.1, -0.05) is 25.0 Å². The molecule has 0 radical (unpaired) electrons. The quantitative estimate of drug-likeness (QED) is 0.344. The number of fused-ring (bicyclic) bond motifs is 3. The van der Waals surface area contributed by atoms with Gasteiger partial charge in [-0.15, -0.1) is 0 Å². The number of sulfonamides is 1. The van der Waals surface area contributed by atoms with Gasteiger partial charge in [-0.25, -0.2) is 17.8 Å². The van der Waals surface area contributed by atoms with E-state index in [1.54, 1.807) is 13.0 Å². The summed E-state index contributed by atoms with van der Waals surface area (Å²) >= 11 is 0. The number of nitrogens with zero attached hydrogens (tertiary/aromatic N) is 2. The summed E-state index contributed by atoms with van der Waals surface area (Å²) in [5.41, 5.74) is 5.08. The molecule has 272 valence electrons. The Morgan fingerprint density at radius 2 is 1.96 bits per heavy atom. The van der Waals surface area contributed by atoms with E-state index in [0.29, 0.717) is 24.6 Å². The molecule has 2 saturated carbocycles. The van der Waals surface area contributed by atoms with E-state index in [1.807, 2.05) is 26.0 Å². The predicted octanol–water partition coefficient (Wildman–Crippen LogP) is 3.24. The zero-order valence-corrected chi connectivity index (χ0v) is 29.7. The molecule has 5 atom stereocenters. The van der Waals surface area contributed by atoms with Gasteiger partial charge in [-0.3, -0.25) is 19.1 Å². The van der Waals surface area contributed by atoms with Gasteiger partial charge in [0.2, 0.25) is 27.7 Å². The van der Waals surface area contributed by atoms with Crippen molar-refractivity contribution in [1.82, 2.24) is 19.9 Å². The minimum absolute atomic E-state index is 0.00238. The Kier molecular flexibility index (Phi) is 9.76. The molecule has 50 heavy (non-hydrogen) atoms. The molecule has 13 nitrogen and oxygen atoms in total. The molecule has 1 saturated heterocycles. The molecule has 0 spiro atoms. The topological polar surface area (TPSA) is 179 Å². The summed E-state index contributed by atoms with van der Waals surface area (Å²) in [5, 5.41) is 3.29. The maximum absolute atomic E-state index is 14.7. The summed E-state index contributed by atoms with van der Waals surface area (Å²) in [6.45, 7) is 5.23. The van der Waals surface area contributed by atoms with Gasteiger partial charge >= 0.3 is 0 Å². The number of carbonyl (C=O) groups excluding carboxylic acids is 3. The van der Waals surface area contributed by atoms with E-state index in [-0.39, 0.29) is 48.4 Å². The summed E-state index contributed by atoms with van der Waals surface area (Å²) in [6, 6.07) is 2.39. The standard InChI is InChI=1S/C35H46FN5O8S/c1-20(2)48-28-17-27(23-12-13-24(36)30(47-4)29(23)38-28)49-22-16-26-31(42)39-35(33(44)40-50(45,46)34(3)14-15-34)18-21(35)10-8-6-5-7-9-11-25(37)32(43)41(26)19-22/h8,10,12-13,17,20-22,25-26H,5-7,9,11,14-16,18-19,37H2,1-4H3,(H,39,42)(H,40,44)/b10-8-/t21?,22-,25+,26+,35-/m1/s1. The van der Waals surface area contributed by atoms with Gasteiger partial charge < -0.3 is 30.2 Å². The van der Waals surface area contributed by atoms with Crippen LogP contribution in [-0.4, -0.2) is 84.3 Å². The Balaban J connectivity index is 1.31. The van der Waals surface area contributed by atoms with Crippen LogP contribution in [0, 0.1) is 11.7 Å². The lowest BCUT2D eigenvalue weighted by molar-refractivity contribution is -0.140. The molecular weight excluding hydrogens is 669 g/mol. The first-order valence-corrected chi connectivity index (χ1v) is 18.8. The Bertz CT molecular complexity index is 1820. The van der Waals surface area contributed by atoms with Crippen molar-refractivity contribution in [2.24, 2.45) is 11.7 Å². The van der Waals surface area contributed by atoms with Crippen molar-refractivity contribution in [3.05, 3.63) is 36.2 Å². The van der Waals surface area contributed by atoms with E-state index in [0.717, 1.165) is 25.7 Å². The van der Waals surface area contributed by atoms with Gasteiger partial charge in [0.05, 0.1) is 30.5 Å². The van der Waals surface area contributed by atoms with E-state index in [2.05, 4.69) is 15.0 Å². The van der Waals surface area contributed by atoms with E-state index >= 15 is 0 Å². The molecule has 2 aromatic rings. The van der Waals surface area contributed by atoms with Crippen LogP contribution in [0.25, 0.3) is 10.9 Å². The SMILES string of the molecule is COc1c(F)ccc2c(O[C@@H]3C[C@H]4C(=O)N[C@]5(C(=O)NS(=O)(=O)C6(C)CC6)CC5/C=C\CCCCC[C@H](N)C(=O)N4C3)cc(OC(C)C)nc12. The Hall–Kier alpha value is -3.98. The van der Waals surface area contributed by atoms with Crippen LogP contribution < -0.4 is 30.0 Å². The highest BCUT2D eigenvalue weighted by molar-refractivity contribution is 7.91. The van der Waals surface area contributed by atoms with Crippen molar-refractivity contribution in [2.45, 2.75) is 113 Å². The number of nitrogens with two attached hydrogens (primary N) is 1. The fourth-order valence-corrected chi connectivity index (χ4v) is 8.12. The third-order valence-electron chi connectivity index (χ3n) is 10.2. The molecule has 1 aromatic heterocycles. The highest BCUT2D eigenvalue weighted by Gasteiger charge is 2.63. The van der Waals surface area contributed by atoms with E-state index < -0.39 is 68.0 Å². The van der Waals surface area contributed by atoms with Crippen LogP contribution >= 0.6 is 0 Å². The van der Waals surface area contributed by atoms with Gasteiger partial charge in [0.1, 0.15) is 29.0 Å². The lowest BCUT2D eigenvalue weighted by Gasteiger charge is -2.28. The van der Waals surface area contributed by atoms with E-state index in [9.17, 15) is 27.2 Å². The second kappa shape index (κ2) is 13.6. The molecule has 4 N–H and O–H groups in total. The lowest BCUT2D eigenvalue weighted by Crippen LogP contribution is -2.58. The number of methoxy groups -OCH3 is 1. The second-order valence-electron chi connectivity index (χ2n) is 14.4. The lowest BCUT2D eigenvalue weighted by atomic mass is 10.1. The maximum atomic E-state index is 14.7. The smallest absolute Gasteiger partial charge is 0.259 e. The first kappa shape index (κ1) is 35.8. The number of rotatable bonds is 8. The monoisotopic (exact) mass is 715 g/mol. The van der Waals surface area contributed by atoms with Crippen LogP contribution in [-0.2, 0) is 24.4 Å². The molecule has 1 aromatic carbocycles. The number of hydrogen-bond acceptors (Lipinski definition) is 10. The molecule has 2 aliphatic carbocycles. The van der Waals surface area contributed by atoms with Gasteiger partial charge in [0, 0.05) is 23.8 Å². The number of halogens is 1. The highest BCUT2D eigenvalue weighted by Crippen LogP contribution is 2.47. The zero-order chi connectivity index (χ0) is 36.0. The third-order valence-corrected chi connectivity index (χ3v) is 12.4. The predicted molar refractivity (Wildman–Crippen MR) is 182 cm³/mol. The number of benzene rings is 1. The van der Waals surface area contributed by atoms with Crippen molar-refractivity contribution in [3.63, 3.8) is 0 Å². The molecular formula is C35H46FN5O8S. The Labute approximate surface area is 291 Å². The molecule has 6 rings (SSSR count). The van der Waals surface area contributed by atoms with Crippen molar-refractivity contribution < 1.29 is 41.4 Å². The summed E-state index contributed by atoms with van der Waals surface area (Å²) in [6.07, 6.45) is 7.57. The van der Waals surface area contributed by atoms with Crippen LogP contribution in [0.5, 0.6) is 17.4 Å². The molecule has 0 bridgehead atoms. The van der Waals surface area contributed by atoms with Crippen molar-refractivity contribution in [1.29, 1.82) is 0 Å². The molecule has 15 heteroatoms. The van der Waals surface area contributed by atoms with Crippen molar-refractivity contribution in [3.8, 4) is 17.4 Å². The average Bonchev–Trinajstić information content (AvgIpc) is 3.93. The number of hydrogen-bond donors (Lipinski definition) is 3. The normalized spacial score (nSPS) is 28.8. The molecule has 2 aliphatic heterocycles. The van der Waals surface area contributed by atoms with Gasteiger partial charge in [0.25, 0.3) is 5.91 Å². The van der Waals surface area contributed by atoms with E-state index in [1.165, 1.54) is 24.1 Å². The molecule has 4 aliphatic rings. The molecule has 3 amide bonds. The summed E-state index contributed by atoms with van der Waals surface area (Å²) in [7, 11) is -2.63. The van der Waals surface area contributed by atoms with Crippen LogP contribution in [0.1, 0.15) is 78.6 Å². The molecule has 1 unspecified atom stereocenters. The highest BCUT2D eigenvalue weighted by atomic mass is 32.2. The first-order valence-electron chi connectivity index (χ1n) is 17.3. The number of carbonyl (C=O) groups is 3. The minimum atomic E-state index is -3.97. The first-order chi connectivity index (χ1) is 23.7. The van der Waals surface area contributed by atoms with Crippen molar-refractivity contribution in [2.75, 3.05) is 13.7 Å². The largest absolute Gasteiger partial charge is 0.491 e. The molecule has 3 heterocycles. The average molecular weight is 716 g/mol. The van der Waals surface area contributed by atoms with Gasteiger partial charge in [0.15, 0.2) is 11.6 Å². The number of amides is 3. The zero-order valence-electron chi connectivity index (χ0n) is 28.9. The number of aromatic nitrogens is 1. The molecule has 3 fully saturated rings. The third kappa shape index (κ3) is 6.98. The van der Waals surface area contributed by atoms with Crippen LogP contribution in [0.3, 0.4) is 0 Å². The van der Waals surface area contributed by atoms with Crippen molar-refractivity contribution >= 4 is 38.6 Å². The van der Waals surface area contributed by atoms with E-state index in [4.69, 9.17) is 19.9 Å². The fraction of sp³-hybridized carbons (Fsp3) is 0.600. The Morgan fingerprint density at radius 3 is 2.66 bits per heavy atom.